The Morgan fingerprint density at radius 2 is 2.31 bits per heavy atom. The van der Waals surface area contributed by atoms with Crippen LogP contribution in [0.1, 0.15) is 26.5 Å². The Bertz CT molecular complexity index is 329. The fourth-order valence-electron chi connectivity index (χ4n) is 1.09. The second-order valence-corrected chi connectivity index (χ2v) is 4.92. The highest BCUT2D eigenvalue weighted by Gasteiger charge is 2.18. The van der Waals surface area contributed by atoms with Crippen LogP contribution in [0, 0.1) is 0 Å². The van der Waals surface area contributed by atoms with Gasteiger partial charge in [-0.3, -0.25) is 0 Å². The Labute approximate surface area is 99.9 Å². The lowest BCUT2D eigenvalue weighted by molar-refractivity contribution is 0.0520. The molecule has 0 fully saturated rings. The molecule has 1 aromatic rings. The van der Waals surface area contributed by atoms with E-state index in [9.17, 15) is 4.79 Å². The van der Waals surface area contributed by atoms with Gasteiger partial charge in [-0.2, -0.15) is 0 Å². The Morgan fingerprint density at radius 3 is 2.81 bits per heavy atom. The first-order valence-electron chi connectivity index (χ1n) is 5.03. The van der Waals surface area contributed by atoms with Crippen LogP contribution in [-0.2, 0) is 11.2 Å². The van der Waals surface area contributed by atoms with Crippen LogP contribution < -0.4 is 5.32 Å². The number of alkyl halides is 1. The summed E-state index contributed by atoms with van der Waals surface area (Å²) < 4.78 is 10.2. The summed E-state index contributed by atoms with van der Waals surface area (Å²) in [5.74, 6) is 0.719. The second-order valence-electron chi connectivity index (χ2n) is 4.40. The van der Waals surface area contributed by atoms with Crippen molar-refractivity contribution < 1.29 is 13.9 Å². The standard InChI is InChI=1S/C11H16ClNO3/c1-11(2,3)16-10(14)13-9(12)7-8-5-4-6-15-8/h4-6,9H,7H2,1-3H3,(H,13,14). The lowest BCUT2D eigenvalue weighted by Crippen LogP contribution is -2.37. The summed E-state index contributed by atoms with van der Waals surface area (Å²) >= 11 is 5.92. The van der Waals surface area contributed by atoms with Gasteiger partial charge in [0.2, 0.25) is 0 Å². The number of hydrogen-bond donors (Lipinski definition) is 1. The fourth-order valence-corrected chi connectivity index (χ4v) is 1.33. The van der Waals surface area contributed by atoms with Crippen molar-refractivity contribution in [2.24, 2.45) is 0 Å². The van der Waals surface area contributed by atoms with Gasteiger partial charge in [-0.15, -0.1) is 0 Å². The second kappa shape index (κ2) is 5.25. The van der Waals surface area contributed by atoms with Gasteiger partial charge in [0.25, 0.3) is 0 Å². The van der Waals surface area contributed by atoms with Gasteiger partial charge >= 0.3 is 6.09 Å². The maximum atomic E-state index is 11.3. The van der Waals surface area contributed by atoms with Gasteiger partial charge in [-0.05, 0) is 32.9 Å². The quantitative estimate of drug-likeness (QED) is 0.658. The highest BCUT2D eigenvalue weighted by molar-refractivity contribution is 6.21. The summed E-state index contributed by atoms with van der Waals surface area (Å²) in [5, 5.41) is 2.52. The Hall–Kier alpha value is -1.16. The van der Waals surface area contributed by atoms with Gasteiger partial charge in [0.15, 0.2) is 0 Å². The van der Waals surface area contributed by atoms with Gasteiger partial charge in [-0.25, -0.2) is 4.79 Å². The van der Waals surface area contributed by atoms with E-state index < -0.39 is 17.2 Å². The minimum absolute atomic E-state index is 0.424. The average Bonchev–Trinajstić information content (AvgIpc) is 2.51. The van der Waals surface area contributed by atoms with Crippen LogP contribution in [0.25, 0.3) is 0 Å². The lowest BCUT2D eigenvalue weighted by atomic mass is 10.2. The van der Waals surface area contributed by atoms with Crippen LogP contribution in [0.2, 0.25) is 0 Å². The first-order chi connectivity index (χ1) is 7.37. The molecule has 4 nitrogen and oxygen atoms in total. The Kier molecular flexibility index (Phi) is 4.24. The van der Waals surface area contributed by atoms with E-state index in [1.54, 1.807) is 39.2 Å². The predicted octanol–water partition coefficient (Wildman–Crippen LogP) is 2.91. The molecule has 1 amide bonds. The highest BCUT2D eigenvalue weighted by atomic mass is 35.5. The molecule has 1 atom stereocenters. The van der Waals surface area contributed by atoms with E-state index in [1.165, 1.54) is 0 Å². The number of carbonyl (C=O) groups is 1. The van der Waals surface area contributed by atoms with Crippen molar-refractivity contribution in [1.29, 1.82) is 0 Å². The zero-order valence-corrected chi connectivity index (χ0v) is 10.4. The number of carbonyl (C=O) groups excluding carboxylic acids is 1. The zero-order chi connectivity index (χ0) is 12.2. The SMILES string of the molecule is CC(C)(C)OC(=O)NC(Cl)Cc1ccco1. The molecule has 0 bridgehead atoms. The van der Waals surface area contributed by atoms with Gasteiger partial charge in [0.1, 0.15) is 16.9 Å². The molecule has 0 aliphatic heterocycles. The zero-order valence-electron chi connectivity index (χ0n) is 9.62. The van der Waals surface area contributed by atoms with E-state index in [2.05, 4.69) is 5.32 Å². The number of nitrogens with one attached hydrogen (secondary N) is 1. The molecule has 0 saturated heterocycles. The maximum Gasteiger partial charge on any atom is 0.408 e. The largest absolute Gasteiger partial charge is 0.469 e. The number of furan rings is 1. The number of amides is 1. The predicted molar refractivity (Wildman–Crippen MR) is 61.4 cm³/mol. The van der Waals surface area contributed by atoms with Crippen LogP contribution in [0.15, 0.2) is 22.8 Å². The third-order valence-electron chi connectivity index (χ3n) is 1.63. The molecular weight excluding hydrogens is 230 g/mol. The molecule has 1 aromatic heterocycles. The van der Waals surface area contributed by atoms with Crippen molar-refractivity contribution in [3.63, 3.8) is 0 Å². The molecule has 0 radical (unpaired) electrons. The molecule has 0 saturated carbocycles. The van der Waals surface area contributed by atoms with Crippen molar-refractivity contribution >= 4 is 17.7 Å². The summed E-state index contributed by atoms with van der Waals surface area (Å²) in [6.07, 6.45) is 1.46. The maximum absolute atomic E-state index is 11.3. The van der Waals surface area contributed by atoms with Crippen LogP contribution in [0.5, 0.6) is 0 Å². The van der Waals surface area contributed by atoms with Gasteiger partial charge in [0, 0.05) is 6.42 Å². The highest BCUT2D eigenvalue weighted by Crippen LogP contribution is 2.10. The molecule has 1 N–H and O–H groups in total. The minimum Gasteiger partial charge on any atom is -0.469 e. The smallest absolute Gasteiger partial charge is 0.408 e. The fraction of sp³-hybridized carbons (Fsp3) is 0.545. The molecule has 1 rings (SSSR count). The summed E-state index contributed by atoms with van der Waals surface area (Å²) in [4.78, 5) is 11.3. The van der Waals surface area contributed by atoms with Crippen LogP contribution in [0.3, 0.4) is 0 Å². The van der Waals surface area contributed by atoms with Crippen molar-refractivity contribution in [3.05, 3.63) is 24.2 Å². The van der Waals surface area contributed by atoms with Crippen molar-refractivity contribution in [2.45, 2.75) is 38.3 Å². The van der Waals surface area contributed by atoms with Crippen LogP contribution in [0.4, 0.5) is 4.79 Å². The monoisotopic (exact) mass is 245 g/mol. The van der Waals surface area contributed by atoms with Crippen molar-refractivity contribution in [3.8, 4) is 0 Å². The number of hydrogen-bond acceptors (Lipinski definition) is 3. The first kappa shape index (κ1) is 12.9. The van der Waals surface area contributed by atoms with E-state index in [4.69, 9.17) is 20.8 Å². The summed E-state index contributed by atoms with van der Waals surface area (Å²) in [5.41, 5.74) is -1.06. The molecule has 5 heteroatoms. The molecule has 16 heavy (non-hydrogen) atoms. The van der Waals surface area contributed by atoms with E-state index in [0.29, 0.717) is 6.42 Å². The van der Waals surface area contributed by atoms with Gasteiger partial charge < -0.3 is 14.5 Å². The molecule has 90 valence electrons. The molecule has 0 aliphatic rings. The van der Waals surface area contributed by atoms with E-state index >= 15 is 0 Å². The number of ether oxygens (including phenoxy) is 1. The van der Waals surface area contributed by atoms with E-state index in [0.717, 1.165) is 5.76 Å². The molecule has 0 aliphatic carbocycles. The first-order valence-corrected chi connectivity index (χ1v) is 5.46. The van der Waals surface area contributed by atoms with Crippen molar-refractivity contribution in [1.82, 2.24) is 5.32 Å². The molecule has 0 spiro atoms. The molecule has 1 heterocycles. The van der Waals surface area contributed by atoms with E-state index in [-0.39, 0.29) is 0 Å². The van der Waals surface area contributed by atoms with Crippen LogP contribution >= 0.6 is 11.6 Å². The number of halogens is 1. The Morgan fingerprint density at radius 1 is 1.62 bits per heavy atom. The number of alkyl carbamates (subject to hydrolysis) is 1. The minimum atomic E-state index is -0.541. The molecular formula is C11H16ClNO3. The normalized spacial score (nSPS) is 13.2. The Balaban J connectivity index is 2.34. The van der Waals surface area contributed by atoms with Crippen LogP contribution in [-0.4, -0.2) is 17.2 Å². The van der Waals surface area contributed by atoms with Gasteiger partial charge in [-0.1, -0.05) is 11.6 Å². The summed E-state index contributed by atoms with van der Waals surface area (Å²) in [7, 11) is 0. The number of rotatable bonds is 3. The molecule has 0 aromatic carbocycles. The third kappa shape index (κ3) is 5.07. The topological polar surface area (TPSA) is 51.5 Å². The average molecular weight is 246 g/mol. The summed E-state index contributed by atoms with van der Waals surface area (Å²) in [6.45, 7) is 5.38. The van der Waals surface area contributed by atoms with E-state index in [1.807, 2.05) is 0 Å². The molecule has 1 unspecified atom stereocenters. The third-order valence-corrected chi connectivity index (χ3v) is 1.90. The summed E-state index contributed by atoms with van der Waals surface area (Å²) in [6, 6.07) is 3.57. The van der Waals surface area contributed by atoms with Crippen molar-refractivity contribution in [2.75, 3.05) is 0 Å². The van der Waals surface area contributed by atoms with Gasteiger partial charge in [0.05, 0.1) is 6.26 Å². The lowest BCUT2D eigenvalue weighted by Gasteiger charge is -2.20.